The van der Waals surface area contributed by atoms with Crippen LogP contribution >= 0.6 is 0 Å². The highest BCUT2D eigenvalue weighted by molar-refractivity contribution is 5.87. The lowest BCUT2D eigenvalue weighted by atomic mass is 10.3. The maximum Gasteiger partial charge on any atom is 0.239 e. The van der Waals surface area contributed by atoms with Crippen LogP contribution in [0, 0.1) is 0 Å². The number of rotatable bonds is 8. The van der Waals surface area contributed by atoms with Crippen LogP contribution in [0.3, 0.4) is 0 Å². The van der Waals surface area contributed by atoms with Gasteiger partial charge in [-0.05, 0) is 25.5 Å². The van der Waals surface area contributed by atoms with Crippen molar-refractivity contribution < 1.29 is 9.59 Å². The summed E-state index contributed by atoms with van der Waals surface area (Å²) < 4.78 is 0. The predicted molar refractivity (Wildman–Crippen MR) is 80.6 cm³/mol. The molecule has 0 aliphatic carbocycles. The number of likely N-dealkylation sites (N-methyl/N-ethyl adjacent to an activating group) is 1. The van der Waals surface area contributed by atoms with Crippen molar-refractivity contribution in [3.05, 3.63) is 30.3 Å². The van der Waals surface area contributed by atoms with Gasteiger partial charge in [0.05, 0.1) is 13.1 Å². The lowest BCUT2D eigenvalue weighted by Crippen LogP contribution is -2.42. The zero-order valence-corrected chi connectivity index (χ0v) is 12.2. The molecule has 0 radical (unpaired) electrons. The van der Waals surface area contributed by atoms with Gasteiger partial charge in [0.2, 0.25) is 11.8 Å². The first kappa shape index (κ1) is 16.0. The number of nitrogens with zero attached hydrogens (tertiary/aromatic N) is 1. The van der Waals surface area contributed by atoms with Crippen molar-refractivity contribution in [3.63, 3.8) is 0 Å². The molecule has 1 rings (SSSR count). The van der Waals surface area contributed by atoms with Gasteiger partial charge < -0.3 is 15.5 Å². The van der Waals surface area contributed by atoms with E-state index in [1.165, 1.54) is 0 Å². The van der Waals surface area contributed by atoms with Gasteiger partial charge in [0.1, 0.15) is 0 Å². The van der Waals surface area contributed by atoms with Crippen LogP contribution in [0.5, 0.6) is 0 Å². The summed E-state index contributed by atoms with van der Waals surface area (Å²) in [5.41, 5.74) is 1.00. The molecule has 0 aromatic heterocycles. The molecule has 1 aromatic rings. The fraction of sp³-hybridized carbons (Fsp3) is 0.467. The van der Waals surface area contributed by atoms with E-state index in [2.05, 4.69) is 10.6 Å². The van der Waals surface area contributed by atoms with Crippen molar-refractivity contribution >= 4 is 17.5 Å². The second-order valence-corrected chi connectivity index (χ2v) is 4.48. The molecule has 2 amide bonds. The zero-order valence-electron chi connectivity index (χ0n) is 12.2. The first-order valence-corrected chi connectivity index (χ1v) is 7.00. The molecule has 0 atom stereocenters. The van der Waals surface area contributed by atoms with Gasteiger partial charge in [0.15, 0.2) is 0 Å². The number of anilines is 1. The van der Waals surface area contributed by atoms with Crippen molar-refractivity contribution in [1.82, 2.24) is 10.6 Å². The molecule has 0 unspecified atom stereocenters. The molecule has 0 spiro atoms. The van der Waals surface area contributed by atoms with Crippen LogP contribution in [0.4, 0.5) is 5.69 Å². The first-order valence-electron chi connectivity index (χ1n) is 7.00. The molecule has 20 heavy (non-hydrogen) atoms. The number of benzene rings is 1. The summed E-state index contributed by atoms with van der Waals surface area (Å²) in [5.74, 6) is -0.301. The molecule has 0 heterocycles. The second-order valence-electron chi connectivity index (χ2n) is 4.48. The minimum Gasteiger partial charge on any atom is -0.363 e. The summed E-state index contributed by atoms with van der Waals surface area (Å²) >= 11 is 0. The van der Waals surface area contributed by atoms with E-state index in [1.54, 1.807) is 0 Å². The summed E-state index contributed by atoms with van der Waals surface area (Å²) in [6.45, 7) is 5.64. The fourth-order valence-corrected chi connectivity index (χ4v) is 1.76. The van der Waals surface area contributed by atoms with Crippen LogP contribution in [0.15, 0.2) is 30.3 Å². The standard InChI is InChI=1S/C15H23N3O2/c1-3-10-16-14(19)11-17-15(20)12-18(4-2)13-8-6-5-7-9-13/h5-9H,3-4,10-12H2,1-2H3,(H,16,19)(H,17,20). The normalized spacial score (nSPS) is 9.90. The third-order valence-electron chi connectivity index (χ3n) is 2.86. The van der Waals surface area contributed by atoms with Crippen LogP contribution in [0.2, 0.25) is 0 Å². The highest BCUT2D eigenvalue weighted by atomic mass is 16.2. The Morgan fingerprint density at radius 1 is 1.05 bits per heavy atom. The molecule has 0 saturated heterocycles. The van der Waals surface area contributed by atoms with E-state index in [0.29, 0.717) is 6.54 Å². The molecule has 0 aliphatic heterocycles. The zero-order chi connectivity index (χ0) is 14.8. The van der Waals surface area contributed by atoms with Crippen molar-refractivity contribution in [3.8, 4) is 0 Å². The topological polar surface area (TPSA) is 61.4 Å². The molecule has 0 bridgehead atoms. The third-order valence-corrected chi connectivity index (χ3v) is 2.86. The van der Waals surface area contributed by atoms with Gasteiger partial charge in [-0.15, -0.1) is 0 Å². The average Bonchev–Trinajstić information content (AvgIpc) is 2.49. The number of carbonyl (C=O) groups excluding carboxylic acids is 2. The number of amides is 2. The molecule has 1 aromatic carbocycles. The number of para-hydroxylation sites is 1. The molecule has 110 valence electrons. The minimum atomic E-state index is -0.151. The Morgan fingerprint density at radius 3 is 2.35 bits per heavy atom. The summed E-state index contributed by atoms with van der Waals surface area (Å²) in [5, 5.41) is 5.35. The molecule has 0 saturated carbocycles. The Kier molecular flexibility index (Phi) is 7.17. The van der Waals surface area contributed by atoms with E-state index >= 15 is 0 Å². The van der Waals surface area contributed by atoms with Gasteiger partial charge in [0.25, 0.3) is 0 Å². The summed E-state index contributed by atoms with van der Waals surface area (Å²) in [6.07, 6.45) is 0.886. The molecular formula is C15H23N3O2. The van der Waals surface area contributed by atoms with E-state index in [-0.39, 0.29) is 24.9 Å². The smallest absolute Gasteiger partial charge is 0.239 e. The lowest BCUT2D eigenvalue weighted by Gasteiger charge is -2.22. The van der Waals surface area contributed by atoms with E-state index in [4.69, 9.17) is 0 Å². The minimum absolute atomic E-state index is 0.0329. The van der Waals surface area contributed by atoms with E-state index in [9.17, 15) is 9.59 Å². The molecule has 5 heteroatoms. The second kappa shape index (κ2) is 8.96. The van der Waals surface area contributed by atoms with E-state index in [1.807, 2.05) is 49.1 Å². The Hall–Kier alpha value is -2.04. The Balaban J connectivity index is 2.39. The van der Waals surface area contributed by atoms with Crippen LogP contribution in [-0.4, -0.2) is 38.0 Å². The molecule has 2 N–H and O–H groups in total. The van der Waals surface area contributed by atoms with Gasteiger partial charge in [0, 0.05) is 18.8 Å². The molecular weight excluding hydrogens is 254 g/mol. The SMILES string of the molecule is CCCNC(=O)CNC(=O)CN(CC)c1ccccc1. The van der Waals surface area contributed by atoms with E-state index in [0.717, 1.165) is 18.7 Å². The van der Waals surface area contributed by atoms with E-state index < -0.39 is 0 Å². The van der Waals surface area contributed by atoms with Crippen molar-refractivity contribution in [2.75, 3.05) is 31.1 Å². The maximum atomic E-state index is 11.8. The van der Waals surface area contributed by atoms with Crippen LogP contribution < -0.4 is 15.5 Å². The van der Waals surface area contributed by atoms with Gasteiger partial charge in [-0.3, -0.25) is 9.59 Å². The van der Waals surface area contributed by atoms with Crippen molar-refractivity contribution in [1.29, 1.82) is 0 Å². The Morgan fingerprint density at radius 2 is 1.75 bits per heavy atom. The number of hydrogen-bond donors (Lipinski definition) is 2. The number of carbonyl (C=O) groups is 2. The van der Waals surface area contributed by atoms with Crippen molar-refractivity contribution in [2.45, 2.75) is 20.3 Å². The summed E-state index contributed by atoms with van der Waals surface area (Å²) in [7, 11) is 0. The molecule has 5 nitrogen and oxygen atoms in total. The average molecular weight is 277 g/mol. The van der Waals surface area contributed by atoms with Gasteiger partial charge in [-0.1, -0.05) is 25.1 Å². The number of hydrogen-bond acceptors (Lipinski definition) is 3. The summed E-state index contributed by atoms with van der Waals surface area (Å²) in [4.78, 5) is 25.2. The third kappa shape index (κ3) is 5.73. The van der Waals surface area contributed by atoms with Gasteiger partial charge in [-0.2, -0.15) is 0 Å². The maximum absolute atomic E-state index is 11.8. The first-order chi connectivity index (χ1) is 9.67. The van der Waals surface area contributed by atoms with Crippen LogP contribution in [0.25, 0.3) is 0 Å². The lowest BCUT2D eigenvalue weighted by molar-refractivity contribution is -0.125. The van der Waals surface area contributed by atoms with Crippen LogP contribution in [-0.2, 0) is 9.59 Å². The largest absolute Gasteiger partial charge is 0.363 e. The monoisotopic (exact) mass is 277 g/mol. The molecule has 0 aliphatic rings. The highest BCUT2D eigenvalue weighted by Crippen LogP contribution is 2.11. The quantitative estimate of drug-likeness (QED) is 0.749. The molecule has 0 fully saturated rings. The highest BCUT2D eigenvalue weighted by Gasteiger charge is 2.10. The fourth-order valence-electron chi connectivity index (χ4n) is 1.76. The Labute approximate surface area is 120 Å². The van der Waals surface area contributed by atoms with Crippen molar-refractivity contribution in [2.24, 2.45) is 0 Å². The summed E-state index contributed by atoms with van der Waals surface area (Å²) in [6, 6.07) is 9.74. The van der Waals surface area contributed by atoms with Gasteiger partial charge >= 0.3 is 0 Å². The predicted octanol–water partition coefficient (Wildman–Crippen LogP) is 1.16. The van der Waals surface area contributed by atoms with Gasteiger partial charge in [-0.25, -0.2) is 0 Å². The Bertz CT molecular complexity index is 420. The number of nitrogens with one attached hydrogen (secondary N) is 2. The van der Waals surface area contributed by atoms with Crippen LogP contribution in [0.1, 0.15) is 20.3 Å².